The van der Waals surface area contributed by atoms with Gasteiger partial charge in [-0.15, -0.1) is 24.0 Å². The molecule has 1 aliphatic heterocycles. The zero-order valence-electron chi connectivity index (χ0n) is 18.6. The van der Waals surface area contributed by atoms with E-state index in [1.807, 2.05) is 49.3 Å². The highest BCUT2D eigenvalue weighted by molar-refractivity contribution is 14.0. The van der Waals surface area contributed by atoms with E-state index in [1.165, 1.54) is 0 Å². The van der Waals surface area contributed by atoms with Crippen LogP contribution < -0.4 is 25.2 Å². The lowest BCUT2D eigenvalue weighted by molar-refractivity contribution is -0.0498. The van der Waals surface area contributed by atoms with Gasteiger partial charge in [0.1, 0.15) is 11.6 Å². The minimum absolute atomic E-state index is 0. The number of pyridine rings is 1. The molecule has 1 unspecified atom stereocenters. The average Bonchev–Trinajstić information content (AvgIpc) is 2.77. The van der Waals surface area contributed by atoms with E-state index in [-0.39, 0.29) is 35.8 Å². The number of ether oxygens (including phenoxy) is 1. The lowest BCUT2D eigenvalue weighted by atomic mass is 10.0. The third-order valence-corrected chi connectivity index (χ3v) is 5.10. The van der Waals surface area contributed by atoms with Gasteiger partial charge < -0.3 is 25.2 Å². The fourth-order valence-corrected chi connectivity index (χ4v) is 3.54. The third-order valence-electron chi connectivity index (χ3n) is 5.10. The Bertz CT molecular complexity index is 866. The second-order valence-electron chi connectivity index (χ2n) is 7.61. The Labute approximate surface area is 205 Å². The summed E-state index contributed by atoms with van der Waals surface area (Å²) in [5, 5.41) is 6.82. The van der Waals surface area contributed by atoms with Crippen molar-refractivity contribution >= 4 is 41.4 Å². The molecule has 10 heteroatoms. The van der Waals surface area contributed by atoms with Crippen molar-refractivity contribution in [1.82, 2.24) is 15.6 Å². The first kappa shape index (κ1) is 25.9. The minimum Gasteiger partial charge on any atom is -0.435 e. The van der Waals surface area contributed by atoms with Crippen molar-refractivity contribution in [1.29, 1.82) is 0 Å². The Hall–Kier alpha value is -2.37. The summed E-state index contributed by atoms with van der Waals surface area (Å²) in [6.45, 7) is -0.525. The van der Waals surface area contributed by atoms with E-state index in [9.17, 15) is 8.78 Å². The van der Waals surface area contributed by atoms with Crippen molar-refractivity contribution in [3.05, 3.63) is 48.2 Å². The van der Waals surface area contributed by atoms with Crippen LogP contribution in [0.25, 0.3) is 0 Å². The van der Waals surface area contributed by atoms with Crippen LogP contribution in [0.1, 0.15) is 18.5 Å². The first-order chi connectivity index (χ1) is 14.9. The summed E-state index contributed by atoms with van der Waals surface area (Å²) in [5.74, 6) is 1.81. The summed E-state index contributed by atoms with van der Waals surface area (Å²) < 4.78 is 29.1. The number of guanidine groups is 1. The number of piperidine rings is 1. The SMILES string of the molecule is CN=C(NCc1cccc(N(C)C)n1)NC1CCCN(c2ccc(OC(F)F)cc2)C1.I. The van der Waals surface area contributed by atoms with Crippen molar-refractivity contribution in [2.24, 2.45) is 4.99 Å². The average molecular weight is 560 g/mol. The molecule has 1 saturated heterocycles. The molecule has 0 aliphatic carbocycles. The fraction of sp³-hybridized carbons (Fsp3) is 0.455. The van der Waals surface area contributed by atoms with E-state index in [0.717, 1.165) is 49.1 Å². The minimum atomic E-state index is -2.81. The number of alkyl halides is 2. The van der Waals surface area contributed by atoms with Crippen LogP contribution >= 0.6 is 24.0 Å². The van der Waals surface area contributed by atoms with E-state index in [1.54, 1.807) is 19.2 Å². The van der Waals surface area contributed by atoms with E-state index < -0.39 is 6.61 Å². The zero-order chi connectivity index (χ0) is 22.2. The molecular formula is C22H31F2IN6O. The van der Waals surface area contributed by atoms with Crippen LogP contribution in [-0.4, -0.2) is 57.8 Å². The number of benzene rings is 1. The van der Waals surface area contributed by atoms with Gasteiger partial charge in [-0.05, 0) is 49.2 Å². The molecular weight excluding hydrogens is 529 g/mol. The number of rotatable bonds is 7. The molecule has 2 N–H and O–H groups in total. The molecule has 2 aromatic rings. The van der Waals surface area contributed by atoms with Gasteiger partial charge in [-0.1, -0.05) is 6.07 Å². The number of nitrogens with zero attached hydrogens (tertiary/aromatic N) is 4. The van der Waals surface area contributed by atoms with Crippen LogP contribution in [0.2, 0.25) is 0 Å². The maximum Gasteiger partial charge on any atom is 0.387 e. The first-order valence-corrected chi connectivity index (χ1v) is 10.3. The lowest BCUT2D eigenvalue weighted by Gasteiger charge is -2.35. The molecule has 1 aromatic heterocycles. The molecule has 1 fully saturated rings. The van der Waals surface area contributed by atoms with Gasteiger partial charge in [-0.25, -0.2) is 4.98 Å². The lowest BCUT2D eigenvalue weighted by Crippen LogP contribution is -2.51. The van der Waals surface area contributed by atoms with Gasteiger partial charge in [0.25, 0.3) is 0 Å². The highest BCUT2D eigenvalue weighted by Crippen LogP contribution is 2.23. The third kappa shape index (κ3) is 7.64. The van der Waals surface area contributed by atoms with E-state index in [4.69, 9.17) is 0 Å². The molecule has 1 aromatic carbocycles. The molecule has 0 amide bonds. The molecule has 1 aliphatic rings. The summed E-state index contributed by atoms with van der Waals surface area (Å²) in [6, 6.07) is 13.0. The molecule has 0 bridgehead atoms. The van der Waals surface area contributed by atoms with Crippen LogP contribution in [0.5, 0.6) is 5.75 Å². The zero-order valence-corrected chi connectivity index (χ0v) is 20.9. The summed E-state index contributed by atoms with van der Waals surface area (Å²) in [6.07, 6.45) is 2.05. The van der Waals surface area contributed by atoms with Crippen LogP contribution in [0.4, 0.5) is 20.3 Å². The molecule has 0 saturated carbocycles. The number of aliphatic imine (C=N–C) groups is 1. The van der Waals surface area contributed by atoms with Crippen molar-refractivity contribution in [3.8, 4) is 5.75 Å². The monoisotopic (exact) mass is 560 g/mol. The molecule has 0 radical (unpaired) electrons. The van der Waals surface area contributed by atoms with Crippen molar-refractivity contribution < 1.29 is 13.5 Å². The summed E-state index contributed by atoms with van der Waals surface area (Å²) in [4.78, 5) is 13.2. The number of hydrogen-bond acceptors (Lipinski definition) is 5. The Morgan fingerprint density at radius 3 is 2.66 bits per heavy atom. The number of hydrogen-bond donors (Lipinski definition) is 2. The van der Waals surface area contributed by atoms with E-state index in [2.05, 4.69) is 30.2 Å². The highest BCUT2D eigenvalue weighted by Gasteiger charge is 2.21. The Balaban J connectivity index is 0.00000363. The largest absolute Gasteiger partial charge is 0.435 e. The van der Waals surface area contributed by atoms with Gasteiger partial charge >= 0.3 is 6.61 Å². The predicted molar refractivity (Wildman–Crippen MR) is 136 cm³/mol. The first-order valence-electron chi connectivity index (χ1n) is 10.3. The highest BCUT2D eigenvalue weighted by atomic mass is 127. The van der Waals surface area contributed by atoms with Gasteiger partial charge in [0.2, 0.25) is 0 Å². The van der Waals surface area contributed by atoms with Crippen LogP contribution in [-0.2, 0) is 6.54 Å². The molecule has 0 spiro atoms. The standard InChI is InChI=1S/C22H30F2N6O.HI/c1-25-22(26-14-16-6-4-8-20(27-16)29(2)3)28-17-7-5-13-30(15-17)18-9-11-19(12-10-18)31-21(23)24;/h4,6,8-12,17,21H,5,7,13-15H2,1-3H3,(H2,25,26,28);1H. The number of anilines is 2. The Morgan fingerprint density at radius 2 is 2.00 bits per heavy atom. The smallest absolute Gasteiger partial charge is 0.387 e. The maximum absolute atomic E-state index is 12.3. The van der Waals surface area contributed by atoms with Gasteiger partial charge in [-0.2, -0.15) is 8.78 Å². The second-order valence-corrected chi connectivity index (χ2v) is 7.61. The number of aromatic nitrogens is 1. The predicted octanol–water partition coefficient (Wildman–Crippen LogP) is 3.70. The summed E-state index contributed by atoms with van der Waals surface area (Å²) in [7, 11) is 5.68. The van der Waals surface area contributed by atoms with Crippen LogP contribution in [0.15, 0.2) is 47.5 Å². The van der Waals surface area contributed by atoms with Crippen molar-refractivity contribution in [3.63, 3.8) is 0 Å². The maximum atomic E-state index is 12.3. The molecule has 7 nitrogen and oxygen atoms in total. The van der Waals surface area contributed by atoms with Gasteiger partial charge in [0, 0.05) is 46.0 Å². The van der Waals surface area contributed by atoms with Crippen LogP contribution in [0.3, 0.4) is 0 Å². The normalized spacial score (nSPS) is 16.4. The van der Waals surface area contributed by atoms with Gasteiger partial charge in [0.05, 0.1) is 12.2 Å². The van der Waals surface area contributed by atoms with E-state index in [0.29, 0.717) is 6.54 Å². The van der Waals surface area contributed by atoms with Crippen molar-refractivity contribution in [2.75, 3.05) is 44.0 Å². The number of halogens is 3. The molecule has 32 heavy (non-hydrogen) atoms. The summed E-state index contributed by atoms with van der Waals surface area (Å²) >= 11 is 0. The van der Waals surface area contributed by atoms with Gasteiger partial charge in [-0.3, -0.25) is 4.99 Å². The second kappa shape index (κ2) is 12.6. The fourth-order valence-electron chi connectivity index (χ4n) is 3.54. The molecule has 2 heterocycles. The Kier molecular flexibility index (Phi) is 10.2. The van der Waals surface area contributed by atoms with E-state index >= 15 is 0 Å². The molecule has 176 valence electrons. The van der Waals surface area contributed by atoms with Crippen LogP contribution in [0, 0.1) is 0 Å². The quantitative estimate of drug-likeness (QED) is 0.306. The van der Waals surface area contributed by atoms with Gasteiger partial charge in [0.15, 0.2) is 5.96 Å². The van der Waals surface area contributed by atoms with Crippen molar-refractivity contribution in [2.45, 2.75) is 32.0 Å². The summed E-state index contributed by atoms with van der Waals surface area (Å²) in [5.41, 5.74) is 1.92. The Morgan fingerprint density at radius 1 is 1.25 bits per heavy atom. The molecule has 1 atom stereocenters. The molecule has 3 rings (SSSR count). The number of nitrogens with one attached hydrogen (secondary N) is 2. The topological polar surface area (TPSA) is 65.0 Å².